The van der Waals surface area contributed by atoms with E-state index in [1.54, 1.807) is 6.07 Å². The number of rotatable bonds is 5. The summed E-state index contributed by atoms with van der Waals surface area (Å²) in [5.74, 6) is 0.771. The monoisotopic (exact) mass is 319 g/mol. The van der Waals surface area contributed by atoms with E-state index in [1.165, 1.54) is 0 Å². The number of hydrogen-bond donors (Lipinski definition) is 3. The number of hydrogen-bond acceptors (Lipinski definition) is 5. The van der Waals surface area contributed by atoms with Gasteiger partial charge in [-0.3, -0.25) is 0 Å². The number of ether oxygens (including phenoxy) is 1. The number of nitrogens with zero attached hydrogens (tertiary/aromatic N) is 2. The van der Waals surface area contributed by atoms with Gasteiger partial charge in [0, 0.05) is 23.6 Å². The molecule has 4 N–H and O–H groups in total. The summed E-state index contributed by atoms with van der Waals surface area (Å²) in [6.07, 6.45) is 1.89. The highest BCUT2D eigenvalue weighted by Crippen LogP contribution is 2.27. The number of aromatic nitrogens is 2. The van der Waals surface area contributed by atoms with E-state index in [0.717, 1.165) is 16.9 Å². The molecule has 0 amide bonds. The van der Waals surface area contributed by atoms with Crippen LogP contribution in [0, 0.1) is 11.3 Å². The highest BCUT2D eigenvalue weighted by Gasteiger charge is 2.12. The minimum atomic E-state index is 0.241. The third-order valence-electron chi connectivity index (χ3n) is 3.48. The molecule has 3 aromatic rings. The van der Waals surface area contributed by atoms with E-state index < -0.39 is 0 Å². The van der Waals surface area contributed by atoms with Crippen LogP contribution in [-0.4, -0.2) is 16.6 Å². The van der Waals surface area contributed by atoms with Crippen LogP contribution in [0.4, 0.5) is 17.2 Å². The van der Waals surface area contributed by atoms with Gasteiger partial charge in [0.05, 0.1) is 12.3 Å². The van der Waals surface area contributed by atoms with Crippen LogP contribution in [0.25, 0.3) is 11.3 Å². The highest BCUT2D eigenvalue weighted by atomic mass is 16.5. The van der Waals surface area contributed by atoms with Gasteiger partial charge in [-0.15, -0.1) is 0 Å². The normalized spacial score (nSPS) is 10.2. The average molecular weight is 319 g/mol. The smallest absolute Gasteiger partial charge is 0.235 e. The van der Waals surface area contributed by atoms with Gasteiger partial charge in [-0.25, -0.2) is 0 Å². The number of nitriles is 1. The molecule has 0 saturated heterocycles. The van der Waals surface area contributed by atoms with Gasteiger partial charge in [0.15, 0.2) is 0 Å². The molecule has 24 heavy (non-hydrogen) atoms. The Hall–Kier alpha value is -3.46. The van der Waals surface area contributed by atoms with E-state index in [-0.39, 0.29) is 11.4 Å². The summed E-state index contributed by atoms with van der Waals surface area (Å²) in [5.41, 5.74) is 9.52. The summed E-state index contributed by atoms with van der Waals surface area (Å²) in [4.78, 5) is 7.49. The third-order valence-corrected chi connectivity index (χ3v) is 3.48. The molecule has 2 aromatic heterocycles. The molecule has 0 fully saturated rings. The van der Waals surface area contributed by atoms with Crippen molar-refractivity contribution in [2.45, 2.75) is 6.92 Å². The molecule has 2 heterocycles. The van der Waals surface area contributed by atoms with Crippen molar-refractivity contribution in [3.63, 3.8) is 0 Å². The quantitative estimate of drug-likeness (QED) is 0.666. The topological polar surface area (TPSA) is 99.8 Å². The van der Waals surface area contributed by atoms with Crippen LogP contribution in [0.2, 0.25) is 0 Å². The number of nitrogen functional groups attached to an aromatic ring is 1. The second kappa shape index (κ2) is 6.75. The SMILES string of the molecule is CCOc1nc(Nc2ccc(-c3ccc[nH]3)cc2)cc(N)c1C#N. The summed E-state index contributed by atoms with van der Waals surface area (Å²) >= 11 is 0. The van der Waals surface area contributed by atoms with Crippen molar-refractivity contribution < 1.29 is 4.74 Å². The van der Waals surface area contributed by atoms with Crippen molar-refractivity contribution in [1.82, 2.24) is 9.97 Å². The predicted molar refractivity (Wildman–Crippen MR) is 94.0 cm³/mol. The molecule has 120 valence electrons. The van der Waals surface area contributed by atoms with Gasteiger partial charge in [0.2, 0.25) is 5.88 Å². The van der Waals surface area contributed by atoms with Crippen molar-refractivity contribution in [3.05, 3.63) is 54.2 Å². The van der Waals surface area contributed by atoms with Gasteiger partial charge in [-0.1, -0.05) is 12.1 Å². The summed E-state index contributed by atoms with van der Waals surface area (Å²) in [7, 11) is 0. The molecule has 6 heteroatoms. The number of nitrogens with one attached hydrogen (secondary N) is 2. The second-order valence-corrected chi connectivity index (χ2v) is 5.11. The molecule has 0 spiro atoms. The fourth-order valence-corrected chi connectivity index (χ4v) is 2.35. The van der Waals surface area contributed by atoms with E-state index >= 15 is 0 Å². The van der Waals surface area contributed by atoms with E-state index in [1.807, 2.05) is 55.6 Å². The lowest BCUT2D eigenvalue weighted by Gasteiger charge is -2.11. The Balaban J connectivity index is 1.84. The van der Waals surface area contributed by atoms with Crippen LogP contribution >= 0.6 is 0 Å². The third kappa shape index (κ3) is 3.15. The molecule has 0 aliphatic rings. The molecule has 0 bridgehead atoms. The first kappa shape index (κ1) is 15.4. The van der Waals surface area contributed by atoms with Gasteiger partial charge >= 0.3 is 0 Å². The first-order chi connectivity index (χ1) is 11.7. The Bertz CT molecular complexity index is 864. The molecular formula is C18H17N5O. The predicted octanol–water partition coefficient (Wildman–Crippen LogP) is 3.67. The number of anilines is 3. The molecule has 0 aliphatic carbocycles. The Morgan fingerprint density at radius 3 is 2.71 bits per heavy atom. The number of H-pyrrole nitrogens is 1. The van der Waals surface area contributed by atoms with Crippen LogP contribution in [-0.2, 0) is 0 Å². The first-order valence-electron chi connectivity index (χ1n) is 7.55. The van der Waals surface area contributed by atoms with E-state index in [9.17, 15) is 0 Å². The Morgan fingerprint density at radius 2 is 2.08 bits per heavy atom. The molecule has 6 nitrogen and oxygen atoms in total. The van der Waals surface area contributed by atoms with Gasteiger partial charge in [0.25, 0.3) is 0 Å². The summed E-state index contributed by atoms with van der Waals surface area (Å²) in [6, 6.07) is 15.5. The number of nitrogens with two attached hydrogens (primary N) is 1. The van der Waals surface area contributed by atoms with Crippen molar-refractivity contribution >= 4 is 17.2 Å². The van der Waals surface area contributed by atoms with Crippen LogP contribution in [0.3, 0.4) is 0 Å². The molecule has 0 atom stereocenters. The standard InChI is InChI=1S/C18H17N5O/c1-2-24-18-14(11-19)15(20)10-17(23-18)22-13-7-5-12(6-8-13)16-4-3-9-21-16/h3-10,21H,2H2,1H3,(H3,20,22,23). The van der Waals surface area contributed by atoms with E-state index in [4.69, 9.17) is 15.7 Å². The number of pyridine rings is 1. The fraction of sp³-hybridized carbons (Fsp3) is 0.111. The maximum atomic E-state index is 9.15. The molecule has 1 aromatic carbocycles. The zero-order valence-electron chi connectivity index (χ0n) is 13.2. The zero-order chi connectivity index (χ0) is 16.9. The lowest BCUT2D eigenvalue weighted by atomic mass is 10.1. The lowest BCUT2D eigenvalue weighted by Crippen LogP contribution is -2.04. The van der Waals surface area contributed by atoms with Crippen LogP contribution < -0.4 is 15.8 Å². The molecular weight excluding hydrogens is 302 g/mol. The van der Waals surface area contributed by atoms with Gasteiger partial charge in [0.1, 0.15) is 17.5 Å². The van der Waals surface area contributed by atoms with Gasteiger partial charge in [-0.2, -0.15) is 10.2 Å². The molecule has 0 aliphatic heterocycles. The van der Waals surface area contributed by atoms with E-state index in [2.05, 4.69) is 15.3 Å². The Labute approximate surface area is 139 Å². The first-order valence-corrected chi connectivity index (χ1v) is 7.55. The van der Waals surface area contributed by atoms with Crippen molar-refractivity contribution in [2.24, 2.45) is 0 Å². The van der Waals surface area contributed by atoms with Crippen LogP contribution in [0.1, 0.15) is 12.5 Å². The molecule has 0 saturated carbocycles. The Kier molecular flexibility index (Phi) is 4.34. The maximum absolute atomic E-state index is 9.15. The van der Waals surface area contributed by atoms with Crippen molar-refractivity contribution in [2.75, 3.05) is 17.7 Å². The van der Waals surface area contributed by atoms with Crippen LogP contribution in [0.5, 0.6) is 5.88 Å². The minimum Gasteiger partial charge on any atom is -0.477 e. The van der Waals surface area contributed by atoms with Crippen molar-refractivity contribution in [1.29, 1.82) is 5.26 Å². The molecule has 0 radical (unpaired) electrons. The number of benzene rings is 1. The molecule has 3 rings (SSSR count). The minimum absolute atomic E-state index is 0.241. The summed E-state index contributed by atoms with van der Waals surface area (Å²) in [6.45, 7) is 2.24. The zero-order valence-corrected chi connectivity index (χ0v) is 13.2. The molecule has 0 unspecified atom stereocenters. The Morgan fingerprint density at radius 1 is 1.29 bits per heavy atom. The van der Waals surface area contributed by atoms with Gasteiger partial charge in [-0.05, 0) is 36.8 Å². The van der Waals surface area contributed by atoms with Crippen molar-refractivity contribution in [3.8, 4) is 23.2 Å². The number of aromatic amines is 1. The van der Waals surface area contributed by atoms with Gasteiger partial charge < -0.3 is 20.8 Å². The largest absolute Gasteiger partial charge is 0.477 e. The maximum Gasteiger partial charge on any atom is 0.235 e. The fourth-order valence-electron chi connectivity index (χ4n) is 2.35. The second-order valence-electron chi connectivity index (χ2n) is 5.11. The highest BCUT2D eigenvalue weighted by molar-refractivity contribution is 5.69. The van der Waals surface area contributed by atoms with E-state index in [0.29, 0.717) is 18.1 Å². The summed E-state index contributed by atoms with van der Waals surface area (Å²) < 4.78 is 5.40. The lowest BCUT2D eigenvalue weighted by molar-refractivity contribution is 0.326. The summed E-state index contributed by atoms with van der Waals surface area (Å²) in [5, 5.41) is 12.3. The average Bonchev–Trinajstić information content (AvgIpc) is 3.10. The van der Waals surface area contributed by atoms with Crippen LogP contribution in [0.15, 0.2) is 48.7 Å².